The van der Waals surface area contributed by atoms with Crippen LogP contribution >= 0.6 is 25.4 Å². The van der Waals surface area contributed by atoms with Gasteiger partial charge in [0.2, 0.25) is 0 Å². The third kappa shape index (κ3) is 11.0. The standard InChI is InChI=1S/2C8H17.2BrH.Sn/c2*1-4-6-7-8(3)5-2;;;/h2*8H,3-7H2,1-2H3;2*1H;/q;;;;+2/p-2. The topological polar surface area (TPSA) is 0 Å². The normalized spacial score (nSPS) is 15.5. The van der Waals surface area contributed by atoms with Crippen LogP contribution in [-0.4, -0.2) is 13.9 Å². The van der Waals surface area contributed by atoms with E-state index in [0.717, 1.165) is 11.8 Å². The van der Waals surface area contributed by atoms with Gasteiger partial charge in [0.15, 0.2) is 0 Å². The molecule has 0 aromatic rings. The first kappa shape index (κ1) is 20.8. The van der Waals surface area contributed by atoms with Gasteiger partial charge in [0, 0.05) is 0 Å². The summed E-state index contributed by atoms with van der Waals surface area (Å²) in [6.07, 6.45) is 11.1. The van der Waals surface area contributed by atoms with Crippen molar-refractivity contribution in [2.45, 2.75) is 87.9 Å². The van der Waals surface area contributed by atoms with Crippen LogP contribution in [0.5, 0.6) is 0 Å². The number of rotatable bonds is 12. The Morgan fingerprint density at radius 1 is 0.737 bits per heavy atom. The van der Waals surface area contributed by atoms with Gasteiger partial charge in [-0.3, -0.25) is 0 Å². The summed E-state index contributed by atoms with van der Waals surface area (Å²) in [6, 6.07) is 0. The quantitative estimate of drug-likeness (QED) is 0.239. The molecule has 0 radical (unpaired) electrons. The van der Waals surface area contributed by atoms with Gasteiger partial charge in [0.1, 0.15) is 0 Å². The van der Waals surface area contributed by atoms with E-state index in [4.69, 9.17) is 0 Å². The van der Waals surface area contributed by atoms with Crippen molar-refractivity contribution in [3.05, 3.63) is 0 Å². The molecular formula is C16H34Br2Sn. The van der Waals surface area contributed by atoms with Gasteiger partial charge in [-0.25, -0.2) is 0 Å². The Bertz CT molecular complexity index is 187. The van der Waals surface area contributed by atoms with Crippen molar-refractivity contribution in [1.82, 2.24) is 0 Å². The van der Waals surface area contributed by atoms with E-state index in [-0.39, 0.29) is 0 Å². The summed E-state index contributed by atoms with van der Waals surface area (Å²) in [5.41, 5.74) is 0. The first-order chi connectivity index (χ1) is 8.99. The molecule has 0 aliphatic carbocycles. The van der Waals surface area contributed by atoms with E-state index in [0.29, 0.717) is 0 Å². The van der Waals surface area contributed by atoms with Crippen LogP contribution in [-0.2, 0) is 0 Å². The molecule has 116 valence electrons. The first-order valence-electron chi connectivity index (χ1n) is 8.36. The molecule has 0 aromatic heterocycles. The fourth-order valence-electron chi connectivity index (χ4n) is 2.81. The minimum atomic E-state index is -2.12. The molecule has 0 N–H and O–H groups in total. The number of halogens is 2. The van der Waals surface area contributed by atoms with Gasteiger partial charge in [0.05, 0.1) is 0 Å². The van der Waals surface area contributed by atoms with Crippen molar-refractivity contribution in [2.75, 3.05) is 0 Å². The minimum absolute atomic E-state index is 0.957. The second-order valence-corrected chi connectivity index (χ2v) is 40.8. The molecule has 0 rings (SSSR count). The average molecular weight is 505 g/mol. The number of hydrogen-bond donors (Lipinski definition) is 0. The van der Waals surface area contributed by atoms with Gasteiger partial charge in [-0.15, -0.1) is 0 Å². The van der Waals surface area contributed by atoms with Gasteiger partial charge in [-0.2, -0.15) is 0 Å². The molecule has 3 heteroatoms. The van der Waals surface area contributed by atoms with Crippen molar-refractivity contribution in [3.8, 4) is 0 Å². The molecule has 0 heterocycles. The average Bonchev–Trinajstić information content (AvgIpc) is 2.39. The number of hydrogen-bond acceptors (Lipinski definition) is 0. The van der Waals surface area contributed by atoms with Gasteiger partial charge in [0.25, 0.3) is 0 Å². The molecule has 2 atom stereocenters. The molecule has 0 aliphatic rings. The zero-order valence-corrected chi connectivity index (χ0v) is 19.5. The van der Waals surface area contributed by atoms with E-state index < -0.39 is 13.9 Å². The van der Waals surface area contributed by atoms with E-state index in [1.165, 1.54) is 60.2 Å². The molecule has 0 amide bonds. The van der Waals surface area contributed by atoms with Gasteiger partial charge in [-0.1, -0.05) is 0 Å². The van der Waals surface area contributed by atoms with Crippen LogP contribution in [0.4, 0.5) is 0 Å². The second-order valence-electron chi connectivity index (χ2n) is 6.10. The van der Waals surface area contributed by atoms with Crippen molar-refractivity contribution in [2.24, 2.45) is 11.8 Å². The molecule has 0 saturated heterocycles. The molecule has 0 nitrogen and oxygen atoms in total. The Morgan fingerprint density at radius 3 is 1.37 bits per heavy atom. The molecule has 0 bridgehead atoms. The Kier molecular flexibility index (Phi) is 13.5. The van der Waals surface area contributed by atoms with Crippen LogP contribution in [0.15, 0.2) is 0 Å². The fraction of sp³-hybridized carbons (Fsp3) is 1.00. The summed E-state index contributed by atoms with van der Waals surface area (Å²) >= 11 is 6.23. The molecule has 0 saturated carbocycles. The monoisotopic (exact) mass is 504 g/mol. The molecular weight excluding hydrogens is 471 g/mol. The predicted molar refractivity (Wildman–Crippen MR) is 99.8 cm³/mol. The fourth-order valence-corrected chi connectivity index (χ4v) is 23.2. The van der Waals surface area contributed by atoms with Crippen molar-refractivity contribution < 1.29 is 0 Å². The zero-order chi connectivity index (χ0) is 14.7. The summed E-state index contributed by atoms with van der Waals surface area (Å²) in [5, 5.41) is 0. The molecule has 2 unspecified atom stereocenters. The van der Waals surface area contributed by atoms with Gasteiger partial charge < -0.3 is 0 Å². The van der Waals surface area contributed by atoms with E-state index in [1.54, 1.807) is 0 Å². The summed E-state index contributed by atoms with van der Waals surface area (Å²) in [4.78, 5) is 0. The van der Waals surface area contributed by atoms with Crippen LogP contribution in [0, 0.1) is 11.8 Å². The Morgan fingerprint density at radius 2 is 1.11 bits per heavy atom. The molecule has 0 aliphatic heterocycles. The Labute approximate surface area is 138 Å². The summed E-state index contributed by atoms with van der Waals surface area (Å²) in [7, 11) is 0. The van der Waals surface area contributed by atoms with Crippen LogP contribution in [0.25, 0.3) is 0 Å². The van der Waals surface area contributed by atoms with E-state index in [1.807, 2.05) is 0 Å². The first-order valence-corrected chi connectivity index (χ1v) is 25.2. The molecule has 19 heavy (non-hydrogen) atoms. The van der Waals surface area contributed by atoms with Gasteiger partial charge in [-0.05, 0) is 0 Å². The maximum atomic E-state index is 4.18. The Balaban J connectivity index is 4.24. The van der Waals surface area contributed by atoms with Crippen LogP contribution in [0.2, 0.25) is 8.87 Å². The van der Waals surface area contributed by atoms with E-state index >= 15 is 0 Å². The maximum absolute atomic E-state index is 4.18. The van der Waals surface area contributed by atoms with E-state index in [2.05, 4.69) is 53.1 Å². The van der Waals surface area contributed by atoms with Crippen molar-refractivity contribution >= 4 is 39.3 Å². The number of unbranched alkanes of at least 4 members (excludes halogenated alkanes) is 2. The van der Waals surface area contributed by atoms with Crippen molar-refractivity contribution in [1.29, 1.82) is 0 Å². The van der Waals surface area contributed by atoms with E-state index in [9.17, 15) is 0 Å². The van der Waals surface area contributed by atoms with Crippen LogP contribution < -0.4 is 0 Å². The zero-order valence-electron chi connectivity index (χ0n) is 13.5. The molecule has 0 aromatic carbocycles. The summed E-state index contributed by atoms with van der Waals surface area (Å²) in [6.45, 7) is 9.36. The Hall–Kier alpha value is 1.76. The summed E-state index contributed by atoms with van der Waals surface area (Å²) < 4.78 is 2.96. The molecule has 0 fully saturated rings. The van der Waals surface area contributed by atoms with Gasteiger partial charge >= 0.3 is 139 Å². The van der Waals surface area contributed by atoms with Crippen molar-refractivity contribution in [3.63, 3.8) is 0 Å². The third-order valence-corrected chi connectivity index (χ3v) is 19.7. The third-order valence-electron chi connectivity index (χ3n) is 4.26. The van der Waals surface area contributed by atoms with Crippen LogP contribution in [0.1, 0.15) is 79.1 Å². The molecule has 0 spiro atoms. The SMILES string of the molecule is CCCCC(CC)[CH2][Sn]([Br])([Br])[CH2]C(CC)CCCC. The second kappa shape index (κ2) is 12.3. The predicted octanol–water partition coefficient (Wildman–Crippen LogP) is 7.65. The van der Waals surface area contributed by atoms with Crippen LogP contribution in [0.3, 0.4) is 0 Å². The summed E-state index contributed by atoms with van der Waals surface area (Å²) in [5.74, 6) is 1.91.